The maximum Gasteiger partial charge on any atom is 0.127 e. The van der Waals surface area contributed by atoms with Crippen LogP contribution in [-0.2, 0) is 23.2 Å². The lowest BCUT2D eigenvalue weighted by molar-refractivity contribution is 0.0824. The molecule has 3 rings (SSSR count). The number of hydrogen-bond acceptors (Lipinski definition) is 2. The Labute approximate surface area is 162 Å². The maximum atomic E-state index is 6.05. The molecular weight excluding hydrogens is 332 g/mol. The molecule has 0 saturated heterocycles. The largest absolute Gasteiger partial charge is 0.457 e. The van der Waals surface area contributed by atoms with Gasteiger partial charge in [0.1, 0.15) is 11.5 Å². The van der Waals surface area contributed by atoms with Crippen LogP contribution < -0.4 is 4.74 Å². The van der Waals surface area contributed by atoms with Gasteiger partial charge in [-0.05, 0) is 47.4 Å². The molecule has 0 fully saturated rings. The molecule has 0 heterocycles. The zero-order chi connectivity index (χ0) is 19.1. The number of para-hydroxylation sites is 1. The fraction of sp³-hybridized carbons (Fsp3) is 0.280. The average Bonchev–Trinajstić information content (AvgIpc) is 2.69. The molecule has 3 aromatic carbocycles. The van der Waals surface area contributed by atoms with Gasteiger partial charge in [-0.25, -0.2) is 0 Å². The van der Waals surface area contributed by atoms with Crippen molar-refractivity contribution in [2.75, 3.05) is 6.61 Å². The molecule has 0 aliphatic heterocycles. The first kappa shape index (κ1) is 19.2. The highest BCUT2D eigenvalue weighted by Gasteiger charge is 2.20. The molecule has 3 aromatic rings. The van der Waals surface area contributed by atoms with Gasteiger partial charge in [0.25, 0.3) is 0 Å². The minimum atomic E-state index is -0.0234. The van der Waals surface area contributed by atoms with E-state index in [1.807, 2.05) is 48.5 Å². The van der Waals surface area contributed by atoms with Gasteiger partial charge in [-0.3, -0.25) is 0 Å². The Bertz CT molecular complexity index is 836. The van der Waals surface area contributed by atoms with Crippen LogP contribution in [0.2, 0.25) is 0 Å². The summed E-state index contributed by atoms with van der Waals surface area (Å²) in [6.45, 7) is 7.87. The van der Waals surface area contributed by atoms with Crippen molar-refractivity contribution in [1.82, 2.24) is 0 Å². The van der Waals surface area contributed by atoms with E-state index in [9.17, 15) is 0 Å². The maximum absolute atomic E-state index is 6.05. The van der Waals surface area contributed by atoms with Crippen molar-refractivity contribution in [1.29, 1.82) is 0 Å². The minimum Gasteiger partial charge on any atom is -0.457 e. The van der Waals surface area contributed by atoms with Crippen molar-refractivity contribution in [2.24, 2.45) is 0 Å². The zero-order valence-corrected chi connectivity index (χ0v) is 16.4. The molecule has 0 atom stereocenters. The summed E-state index contributed by atoms with van der Waals surface area (Å²) in [7, 11) is 0. The molecule has 27 heavy (non-hydrogen) atoms. The number of ether oxygens (including phenoxy) is 2. The van der Waals surface area contributed by atoms with Crippen LogP contribution in [0.25, 0.3) is 0 Å². The van der Waals surface area contributed by atoms with E-state index in [2.05, 4.69) is 51.1 Å². The van der Waals surface area contributed by atoms with Crippen LogP contribution in [0.3, 0.4) is 0 Å². The molecule has 0 aromatic heterocycles. The second-order valence-electron chi connectivity index (χ2n) is 7.49. The lowest BCUT2D eigenvalue weighted by atomic mass is 9.85. The molecule has 0 N–H and O–H groups in total. The van der Waals surface area contributed by atoms with Gasteiger partial charge < -0.3 is 9.47 Å². The van der Waals surface area contributed by atoms with Crippen LogP contribution in [0.4, 0.5) is 0 Å². The zero-order valence-electron chi connectivity index (χ0n) is 16.4. The Hall–Kier alpha value is -2.58. The second-order valence-corrected chi connectivity index (χ2v) is 7.49. The molecular formula is C25H28O2. The first-order valence-electron chi connectivity index (χ1n) is 9.56. The summed E-state index contributed by atoms with van der Waals surface area (Å²) in [5.41, 5.74) is 3.76. The molecule has 0 spiro atoms. The van der Waals surface area contributed by atoms with Gasteiger partial charge in [0.15, 0.2) is 0 Å². The highest BCUT2D eigenvalue weighted by molar-refractivity contribution is 5.33. The lowest BCUT2D eigenvalue weighted by Gasteiger charge is -2.25. The van der Waals surface area contributed by atoms with Crippen molar-refractivity contribution in [2.45, 2.75) is 39.2 Å². The molecule has 0 saturated carbocycles. The predicted octanol–water partition coefficient (Wildman–Crippen LogP) is 6.54. The summed E-state index contributed by atoms with van der Waals surface area (Å²) >= 11 is 0. The van der Waals surface area contributed by atoms with Crippen molar-refractivity contribution in [3.05, 3.63) is 95.6 Å². The summed E-state index contributed by atoms with van der Waals surface area (Å²) < 4.78 is 11.9. The molecule has 2 heteroatoms. The number of rotatable bonds is 8. The quantitative estimate of drug-likeness (QED) is 0.454. The molecule has 0 radical (unpaired) electrons. The molecule has 0 bridgehead atoms. The fourth-order valence-electron chi connectivity index (χ4n) is 3.02. The minimum absolute atomic E-state index is 0.0234. The first-order chi connectivity index (χ1) is 13.1. The third-order valence-corrected chi connectivity index (χ3v) is 4.75. The molecule has 0 aliphatic rings. The first-order valence-corrected chi connectivity index (χ1v) is 9.56. The molecule has 2 nitrogen and oxygen atoms in total. The Morgan fingerprint density at radius 3 is 2.15 bits per heavy atom. The van der Waals surface area contributed by atoms with Crippen molar-refractivity contribution in [3.8, 4) is 11.5 Å². The number of hydrogen-bond donors (Lipinski definition) is 0. The van der Waals surface area contributed by atoms with Gasteiger partial charge in [-0.1, -0.05) is 75.4 Å². The van der Waals surface area contributed by atoms with E-state index in [0.29, 0.717) is 13.2 Å². The predicted molar refractivity (Wildman–Crippen MR) is 111 cm³/mol. The lowest BCUT2D eigenvalue weighted by Crippen LogP contribution is -2.24. The van der Waals surface area contributed by atoms with Gasteiger partial charge in [0.05, 0.1) is 13.2 Å². The van der Waals surface area contributed by atoms with Crippen LogP contribution in [0, 0.1) is 0 Å². The average molecular weight is 360 g/mol. The monoisotopic (exact) mass is 360 g/mol. The Balaban J connectivity index is 1.57. The summed E-state index contributed by atoms with van der Waals surface area (Å²) in [6.07, 6.45) is 1.07. The van der Waals surface area contributed by atoms with E-state index in [1.165, 1.54) is 11.1 Å². The summed E-state index contributed by atoms with van der Waals surface area (Å²) in [6, 6.07) is 26.8. The van der Waals surface area contributed by atoms with E-state index in [1.54, 1.807) is 0 Å². The van der Waals surface area contributed by atoms with Crippen LogP contribution in [0.1, 0.15) is 37.5 Å². The van der Waals surface area contributed by atoms with E-state index in [-0.39, 0.29) is 5.41 Å². The van der Waals surface area contributed by atoms with Crippen LogP contribution in [0.15, 0.2) is 78.9 Å². The summed E-state index contributed by atoms with van der Waals surface area (Å²) in [4.78, 5) is 0. The molecule has 0 unspecified atom stereocenters. The van der Waals surface area contributed by atoms with E-state index >= 15 is 0 Å². The van der Waals surface area contributed by atoms with Gasteiger partial charge in [-0.15, -0.1) is 0 Å². The van der Waals surface area contributed by atoms with Gasteiger partial charge >= 0.3 is 0 Å². The molecule has 0 aliphatic carbocycles. The third-order valence-electron chi connectivity index (χ3n) is 4.75. The Morgan fingerprint density at radius 1 is 0.741 bits per heavy atom. The fourth-order valence-corrected chi connectivity index (χ4v) is 3.02. The standard InChI is InChI=1S/C25H28O2/c1-4-20-13-15-22(16-14-20)25(2,3)19-26-18-21-9-8-12-24(17-21)27-23-10-6-5-7-11-23/h5-17H,4,18-19H2,1-3H3. The smallest absolute Gasteiger partial charge is 0.127 e. The third kappa shape index (κ3) is 5.45. The van der Waals surface area contributed by atoms with Crippen LogP contribution >= 0.6 is 0 Å². The van der Waals surface area contributed by atoms with E-state index in [0.717, 1.165) is 23.5 Å². The highest BCUT2D eigenvalue weighted by atomic mass is 16.5. The number of aryl methyl sites for hydroxylation is 1. The van der Waals surface area contributed by atoms with Gasteiger partial charge in [-0.2, -0.15) is 0 Å². The highest BCUT2D eigenvalue weighted by Crippen LogP contribution is 2.26. The Kier molecular flexibility index (Phi) is 6.31. The van der Waals surface area contributed by atoms with E-state index in [4.69, 9.17) is 9.47 Å². The second kappa shape index (κ2) is 8.88. The van der Waals surface area contributed by atoms with Crippen LogP contribution in [0.5, 0.6) is 11.5 Å². The van der Waals surface area contributed by atoms with Crippen molar-refractivity contribution >= 4 is 0 Å². The van der Waals surface area contributed by atoms with Gasteiger partial charge in [0, 0.05) is 5.41 Å². The summed E-state index contributed by atoms with van der Waals surface area (Å²) in [5, 5.41) is 0. The number of benzene rings is 3. The van der Waals surface area contributed by atoms with Gasteiger partial charge in [0.2, 0.25) is 0 Å². The Morgan fingerprint density at radius 2 is 1.44 bits per heavy atom. The van der Waals surface area contributed by atoms with Crippen LogP contribution in [-0.4, -0.2) is 6.61 Å². The summed E-state index contributed by atoms with van der Waals surface area (Å²) in [5.74, 6) is 1.67. The molecule has 0 amide bonds. The normalized spacial score (nSPS) is 11.4. The van der Waals surface area contributed by atoms with Crippen molar-refractivity contribution < 1.29 is 9.47 Å². The van der Waals surface area contributed by atoms with Crippen molar-refractivity contribution in [3.63, 3.8) is 0 Å². The topological polar surface area (TPSA) is 18.5 Å². The molecule has 140 valence electrons. The SMILES string of the molecule is CCc1ccc(C(C)(C)COCc2cccc(Oc3ccccc3)c2)cc1. The van der Waals surface area contributed by atoms with E-state index < -0.39 is 0 Å².